The summed E-state index contributed by atoms with van der Waals surface area (Å²) in [5.74, 6) is 1.60. The number of methoxy groups -OCH3 is 1. The van der Waals surface area contributed by atoms with Crippen molar-refractivity contribution in [2.24, 2.45) is 5.92 Å². The van der Waals surface area contributed by atoms with Gasteiger partial charge >= 0.3 is 0 Å². The second kappa shape index (κ2) is 7.09. The van der Waals surface area contributed by atoms with Crippen LogP contribution in [0.5, 0.6) is 5.75 Å². The highest BCUT2D eigenvalue weighted by molar-refractivity contribution is 5.38. The molecule has 1 aromatic rings. The van der Waals surface area contributed by atoms with Crippen molar-refractivity contribution in [3.05, 3.63) is 29.3 Å². The molecule has 0 saturated carbocycles. The highest BCUT2D eigenvalue weighted by Crippen LogP contribution is 2.28. The fourth-order valence-corrected chi connectivity index (χ4v) is 3.01. The Labute approximate surface area is 122 Å². The van der Waals surface area contributed by atoms with E-state index in [4.69, 9.17) is 9.47 Å². The lowest BCUT2D eigenvalue weighted by Gasteiger charge is -2.22. The van der Waals surface area contributed by atoms with Crippen molar-refractivity contribution < 1.29 is 9.47 Å². The van der Waals surface area contributed by atoms with Gasteiger partial charge in [0.2, 0.25) is 0 Å². The zero-order valence-electron chi connectivity index (χ0n) is 13.1. The lowest BCUT2D eigenvalue weighted by atomic mass is 9.98. The van der Waals surface area contributed by atoms with Crippen LogP contribution in [0.15, 0.2) is 18.2 Å². The van der Waals surface area contributed by atoms with Crippen LogP contribution in [0.4, 0.5) is 0 Å². The number of hydrogen-bond donors (Lipinski definition) is 1. The Hall–Kier alpha value is -1.06. The van der Waals surface area contributed by atoms with Crippen LogP contribution in [0.1, 0.15) is 43.9 Å². The molecular formula is C17H27NO2. The third-order valence-corrected chi connectivity index (χ3v) is 4.29. The van der Waals surface area contributed by atoms with Crippen molar-refractivity contribution in [2.75, 3.05) is 20.3 Å². The molecule has 1 saturated heterocycles. The molecule has 1 aliphatic heterocycles. The zero-order chi connectivity index (χ0) is 14.5. The van der Waals surface area contributed by atoms with E-state index in [-0.39, 0.29) is 0 Å². The third-order valence-electron chi connectivity index (χ3n) is 4.29. The first kappa shape index (κ1) is 15.3. The van der Waals surface area contributed by atoms with E-state index in [1.165, 1.54) is 17.5 Å². The molecule has 3 atom stereocenters. The Kier molecular flexibility index (Phi) is 5.44. The van der Waals surface area contributed by atoms with Crippen LogP contribution in [0, 0.1) is 12.8 Å². The minimum atomic E-state index is 0.294. The number of rotatable bonds is 6. The second-order valence-electron chi connectivity index (χ2n) is 5.74. The highest BCUT2D eigenvalue weighted by atomic mass is 16.5. The summed E-state index contributed by atoms with van der Waals surface area (Å²) in [6.07, 6.45) is 2.70. The van der Waals surface area contributed by atoms with Crippen LogP contribution in [-0.2, 0) is 4.74 Å². The molecule has 0 aromatic heterocycles. The van der Waals surface area contributed by atoms with Crippen LogP contribution < -0.4 is 10.1 Å². The second-order valence-corrected chi connectivity index (χ2v) is 5.74. The van der Waals surface area contributed by atoms with Crippen LogP contribution >= 0.6 is 0 Å². The molecule has 0 spiro atoms. The largest absolute Gasteiger partial charge is 0.496 e. The molecular weight excluding hydrogens is 250 g/mol. The molecule has 0 bridgehead atoms. The van der Waals surface area contributed by atoms with Crippen molar-refractivity contribution in [3.63, 3.8) is 0 Å². The molecule has 0 amide bonds. The van der Waals surface area contributed by atoms with Gasteiger partial charge in [-0.05, 0) is 38.7 Å². The topological polar surface area (TPSA) is 30.5 Å². The normalized spacial score (nSPS) is 23.8. The monoisotopic (exact) mass is 277 g/mol. The van der Waals surface area contributed by atoms with Crippen molar-refractivity contribution in [1.29, 1.82) is 0 Å². The molecule has 1 N–H and O–H groups in total. The van der Waals surface area contributed by atoms with Gasteiger partial charge < -0.3 is 14.8 Å². The summed E-state index contributed by atoms with van der Waals surface area (Å²) < 4.78 is 11.2. The van der Waals surface area contributed by atoms with Gasteiger partial charge in [0.15, 0.2) is 0 Å². The molecule has 2 rings (SSSR count). The predicted molar refractivity (Wildman–Crippen MR) is 82.3 cm³/mol. The maximum Gasteiger partial charge on any atom is 0.123 e. The quantitative estimate of drug-likeness (QED) is 0.863. The standard InChI is InChI=1S/C17H27NO2/c1-5-16-14(8-9-20-16)11-18-13(3)15-10-12(2)6-7-17(15)19-4/h6-7,10,13-14,16,18H,5,8-9,11H2,1-4H3. The molecule has 112 valence electrons. The zero-order valence-corrected chi connectivity index (χ0v) is 13.1. The Morgan fingerprint density at radius 1 is 1.45 bits per heavy atom. The third kappa shape index (κ3) is 3.53. The molecule has 0 radical (unpaired) electrons. The number of aryl methyl sites for hydroxylation is 1. The minimum absolute atomic E-state index is 0.294. The van der Waals surface area contributed by atoms with Gasteiger partial charge in [0.1, 0.15) is 5.75 Å². The molecule has 3 heteroatoms. The molecule has 3 unspecified atom stereocenters. The smallest absolute Gasteiger partial charge is 0.123 e. The number of hydrogen-bond acceptors (Lipinski definition) is 3. The van der Waals surface area contributed by atoms with Crippen molar-refractivity contribution in [1.82, 2.24) is 5.32 Å². The fourth-order valence-electron chi connectivity index (χ4n) is 3.01. The molecule has 1 aromatic carbocycles. The van der Waals surface area contributed by atoms with E-state index in [9.17, 15) is 0 Å². The first-order valence-corrected chi connectivity index (χ1v) is 7.65. The summed E-state index contributed by atoms with van der Waals surface area (Å²) in [5, 5.41) is 3.65. The average Bonchev–Trinajstić information content (AvgIpc) is 2.92. The lowest BCUT2D eigenvalue weighted by Crippen LogP contribution is -2.30. The SMILES string of the molecule is CCC1OCCC1CNC(C)c1cc(C)ccc1OC. The minimum Gasteiger partial charge on any atom is -0.496 e. The first-order chi connectivity index (χ1) is 9.65. The first-order valence-electron chi connectivity index (χ1n) is 7.65. The molecule has 1 heterocycles. The Morgan fingerprint density at radius 3 is 2.95 bits per heavy atom. The van der Waals surface area contributed by atoms with E-state index < -0.39 is 0 Å². The van der Waals surface area contributed by atoms with E-state index in [0.29, 0.717) is 18.1 Å². The molecule has 1 aliphatic rings. The predicted octanol–water partition coefficient (Wildman–Crippen LogP) is 3.47. The lowest BCUT2D eigenvalue weighted by molar-refractivity contribution is 0.0867. The van der Waals surface area contributed by atoms with Gasteiger partial charge in [0.25, 0.3) is 0 Å². The van der Waals surface area contributed by atoms with Crippen LogP contribution in [-0.4, -0.2) is 26.4 Å². The van der Waals surface area contributed by atoms with Crippen LogP contribution in [0.2, 0.25) is 0 Å². The van der Waals surface area contributed by atoms with E-state index in [0.717, 1.165) is 25.3 Å². The van der Waals surface area contributed by atoms with Gasteiger partial charge in [-0.25, -0.2) is 0 Å². The van der Waals surface area contributed by atoms with E-state index >= 15 is 0 Å². The molecule has 1 fully saturated rings. The molecule has 20 heavy (non-hydrogen) atoms. The summed E-state index contributed by atoms with van der Waals surface area (Å²) in [6.45, 7) is 8.45. The fraction of sp³-hybridized carbons (Fsp3) is 0.647. The van der Waals surface area contributed by atoms with E-state index in [1.54, 1.807) is 7.11 Å². The summed E-state index contributed by atoms with van der Waals surface area (Å²) in [7, 11) is 1.73. The highest BCUT2D eigenvalue weighted by Gasteiger charge is 2.27. The summed E-state index contributed by atoms with van der Waals surface area (Å²) >= 11 is 0. The molecule has 0 aliphatic carbocycles. The number of ether oxygens (including phenoxy) is 2. The van der Waals surface area contributed by atoms with Gasteiger partial charge in [-0.3, -0.25) is 0 Å². The van der Waals surface area contributed by atoms with Crippen LogP contribution in [0.25, 0.3) is 0 Å². The van der Waals surface area contributed by atoms with Gasteiger partial charge in [-0.1, -0.05) is 24.6 Å². The number of benzene rings is 1. The maximum atomic E-state index is 5.75. The average molecular weight is 277 g/mol. The van der Waals surface area contributed by atoms with Crippen molar-refractivity contribution in [2.45, 2.75) is 45.8 Å². The van der Waals surface area contributed by atoms with Gasteiger partial charge in [-0.15, -0.1) is 0 Å². The molecule has 3 nitrogen and oxygen atoms in total. The van der Waals surface area contributed by atoms with E-state index in [2.05, 4.69) is 44.3 Å². The van der Waals surface area contributed by atoms with Crippen LogP contribution in [0.3, 0.4) is 0 Å². The maximum absolute atomic E-state index is 5.75. The Bertz CT molecular complexity index is 433. The van der Waals surface area contributed by atoms with E-state index in [1.807, 2.05) is 0 Å². The number of nitrogens with one attached hydrogen (secondary N) is 1. The summed E-state index contributed by atoms with van der Waals surface area (Å²) in [4.78, 5) is 0. The van der Waals surface area contributed by atoms with Gasteiger partial charge in [0.05, 0.1) is 13.2 Å². The van der Waals surface area contributed by atoms with Crippen molar-refractivity contribution in [3.8, 4) is 5.75 Å². The summed E-state index contributed by atoms with van der Waals surface area (Å²) in [6, 6.07) is 6.64. The van der Waals surface area contributed by atoms with Crippen molar-refractivity contribution >= 4 is 0 Å². The Morgan fingerprint density at radius 2 is 2.25 bits per heavy atom. The van der Waals surface area contributed by atoms with Gasteiger partial charge in [0, 0.05) is 24.8 Å². The summed E-state index contributed by atoms with van der Waals surface area (Å²) in [5.41, 5.74) is 2.50. The Balaban J connectivity index is 1.97. The van der Waals surface area contributed by atoms with Gasteiger partial charge in [-0.2, -0.15) is 0 Å².